The van der Waals surface area contributed by atoms with Crippen molar-refractivity contribution in [3.63, 3.8) is 0 Å². The van der Waals surface area contributed by atoms with Crippen LogP contribution in [-0.4, -0.2) is 17.9 Å². The molecule has 0 heterocycles. The van der Waals surface area contributed by atoms with E-state index >= 15 is 0 Å². The Labute approximate surface area is 117 Å². The number of benzene rings is 2. The van der Waals surface area contributed by atoms with Gasteiger partial charge in [-0.3, -0.25) is 4.99 Å². The van der Waals surface area contributed by atoms with E-state index in [1.807, 2.05) is 31.2 Å². The van der Waals surface area contributed by atoms with E-state index in [0.717, 1.165) is 0 Å². The molecule has 2 aromatic rings. The Morgan fingerprint density at radius 3 is 2.84 bits per heavy atom. The van der Waals surface area contributed by atoms with Crippen LogP contribution in [0, 0.1) is 0 Å². The molecule has 0 aliphatic carbocycles. The van der Waals surface area contributed by atoms with Crippen molar-refractivity contribution >= 4 is 23.5 Å². The fraction of sp³-hybridized carbons (Fsp3) is 0.133. The highest BCUT2D eigenvalue weighted by atomic mass is 35.5. The molecule has 0 aliphatic heterocycles. The van der Waals surface area contributed by atoms with Crippen molar-refractivity contribution < 1.29 is 9.84 Å². The number of aromatic hydroxyl groups is 1. The first-order valence-electron chi connectivity index (χ1n) is 5.95. The molecule has 0 unspecified atom stereocenters. The third-order valence-corrected chi connectivity index (χ3v) is 2.73. The number of phenolic OH excluding ortho intramolecular Hbond substituents is 1. The maximum Gasteiger partial charge on any atom is 0.144 e. The van der Waals surface area contributed by atoms with Crippen LogP contribution in [-0.2, 0) is 0 Å². The normalized spacial score (nSPS) is 10.8. The number of phenols is 1. The van der Waals surface area contributed by atoms with Crippen LogP contribution in [0.2, 0.25) is 5.02 Å². The standard InChI is InChI=1S/C15H14ClNO2/c1-2-19-15-6-4-3-5-13(15)17-10-11-9-12(16)7-8-14(11)18/h3-10,18H,2H2,1H3. The summed E-state index contributed by atoms with van der Waals surface area (Å²) in [5.41, 5.74) is 1.28. The van der Waals surface area contributed by atoms with Gasteiger partial charge in [0.1, 0.15) is 17.2 Å². The van der Waals surface area contributed by atoms with Gasteiger partial charge >= 0.3 is 0 Å². The third kappa shape index (κ3) is 3.48. The van der Waals surface area contributed by atoms with E-state index in [9.17, 15) is 5.11 Å². The Morgan fingerprint density at radius 1 is 1.26 bits per heavy atom. The van der Waals surface area contributed by atoms with Crippen LogP contribution >= 0.6 is 11.6 Å². The van der Waals surface area contributed by atoms with Crippen molar-refractivity contribution in [3.05, 3.63) is 53.1 Å². The van der Waals surface area contributed by atoms with Crippen molar-refractivity contribution in [1.29, 1.82) is 0 Å². The van der Waals surface area contributed by atoms with Gasteiger partial charge in [0.15, 0.2) is 0 Å². The molecule has 0 spiro atoms. The quantitative estimate of drug-likeness (QED) is 0.850. The van der Waals surface area contributed by atoms with Gasteiger partial charge in [-0.2, -0.15) is 0 Å². The smallest absolute Gasteiger partial charge is 0.144 e. The average Bonchev–Trinajstić information content (AvgIpc) is 2.42. The van der Waals surface area contributed by atoms with Crippen LogP contribution in [0.3, 0.4) is 0 Å². The molecule has 98 valence electrons. The van der Waals surface area contributed by atoms with Crippen LogP contribution in [0.4, 0.5) is 5.69 Å². The Balaban J connectivity index is 2.29. The molecule has 0 aromatic heterocycles. The summed E-state index contributed by atoms with van der Waals surface area (Å²) in [6.45, 7) is 2.50. The maximum atomic E-state index is 9.70. The van der Waals surface area contributed by atoms with Gasteiger partial charge in [0.2, 0.25) is 0 Å². The Bertz CT molecular complexity index is 596. The summed E-state index contributed by atoms with van der Waals surface area (Å²) in [4.78, 5) is 4.33. The van der Waals surface area contributed by atoms with E-state index in [1.54, 1.807) is 18.3 Å². The summed E-state index contributed by atoms with van der Waals surface area (Å²) in [5, 5.41) is 10.3. The zero-order chi connectivity index (χ0) is 13.7. The molecule has 0 radical (unpaired) electrons. The molecule has 0 saturated heterocycles. The highest BCUT2D eigenvalue weighted by Crippen LogP contribution is 2.27. The van der Waals surface area contributed by atoms with E-state index in [0.29, 0.717) is 28.6 Å². The molecule has 0 bridgehead atoms. The van der Waals surface area contributed by atoms with Crippen LogP contribution in [0.5, 0.6) is 11.5 Å². The largest absolute Gasteiger partial charge is 0.507 e. The van der Waals surface area contributed by atoms with Crippen LogP contribution in [0.25, 0.3) is 0 Å². The number of hydrogen-bond donors (Lipinski definition) is 1. The predicted octanol–water partition coefficient (Wildman–Crippen LogP) is 4.19. The van der Waals surface area contributed by atoms with Crippen molar-refractivity contribution in [3.8, 4) is 11.5 Å². The Kier molecular flexibility index (Phi) is 4.42. The molecule has 4 heteroatoms. The van der Waals surface area contributed by atoms with Gasteiger partial charge in [-0.05, 0) is 37.3 Å². The number of halogens is 1. The molecule has 0 fully saturated rings. The number of aliphatic imine (C=N–C) groups is 1. The van der Waals surface area contributed by atoms with Crippen molar-refractivity contribution in [2.45, 2.75) is 6.92 Å². The highest BCUT2D eigenvalue weighted by molar-refractivity contribution is 6.30. The summed E-state index contributed by atoms with van der Waals surface area (Å²) in [7, 11) is 0. The lowest BCUT2D eigenvalue weighted by Crippen LogP contribution is -1.91. The van der Waals surface area contributed by atoms with Gasteiger partial charge in [-0.1, -0.05) is 23.7 Å². The van der Waals surface area contributed by atoms with E-state index in [2.05, 4.69) is 4.99 Å². The van der Waals surface area contributed by atoms with Gasteiger partial charge in [-0.25, -0.2) is 0 Å². The van der Waals surface area contributed by atoms with Crippen molar-refractivity contribution in [2.75, 3.05) is 6.61 Å². The first-order valence-corrected chi connectivity index (χ1v) is 6.33. The predicted molar refractivity (Wildman–Crippen MR) is 78.0 cm³/mol. The highest BCUT2D eigenvalue weighted by Gasteiger charge is 2.02. The molecule has 1 N–H and O–H groups in total. The summed E-state index contributed by atoms with van der Waals surface area (Å²) < 4.78 is 5.48. The van der Waals surface area contributed by atoms with Gasteiger partial charge < -0.3 is 9.84 Å². The van der Waals surface area contributed by atoms with Gasteiger partial charge in [0.05, 0.1) is 6.61 Å². The van der Waals surface area contributed by atoms with Crippen LogP contribution < -0.4 is 4.74 Å². The number of ether oxygens (including phenoxy) is 1. The van der Waals surface area contributed by atoms with Gasteiger partial charge in [-0.15, -0.1) is 0 Å². The Morgan fingerprint density at radius 2 is 2.05 bits per heavy atom. The van der Waals surface area contributed by atoms with Crippen molar-refractivity contribution in [1.82, 2.24) is 0 Å². The molecule has 19 heavy (non-hydrogen) atoms. The average molecular weight is 276 g/mol. The molecule has 3 nitrogen and oxygen atoms in total. The minimum absolute atomic E-state index is 0.141. The zero-order valence-corrected chi connectivity index (χ0v) is 11.3. The number of nitrogens with zero attached hydrogens (tertiary/aromatic N) is 1. The molecule has 0 saturated carbocycles. The maximum absolute atomic E-state index is 9.70. The summed E-state index contributed by atoms with van der Waals surface area (Å²) in [5.74, 6) is 0.852. The SMILES string of the molecule is CCOc1ccccc1N=Cc1cc(Cl)ccc1O. The first-order chi connectivity index (χ1) is 9.20. The lowest BCUT2D eigenvalue weighted by molar-refractivity contribution is 0.341. The summed E-state index contributed by atoms with van der Waals surface area (Å²) in [6.07, 6.45) is 1.57. The zero-order valence-electron chi connectivity index (χ0n) is 10.5. The molecule has 0 aliphatic rings. The van der Waals surface area contributed by atoms with Crippen LogP contribution in [0.15, 0.2) is 47.5 Å². The minimum atomic E-state index is 0.141. The molecule has 0 atom stereocenters. The molecular weight excluding hydrogens is 262 g/mol. The molecule has 2 rings (SSSR count). The molecule has 2 aromatic carbocycles. The second kappa shape index (κ2) is 6.25. The van der Waals surface area contributed by atoms with E-state index < -0.39 is 0 Å². The first kappa shape index (κ1) is 13.4. The second-order valence-corrected chi connectivity index (χ2v) is 4.30. The molecule has 0 amide bonds. The van der Waals surface area contributed by atoms with Gasteiger partial charge in [0, 0.05) is 16.8 Å². The monoisotopic (exact) mass is 275 g/mol. The third-order valence-electron chi connectivity index (χ3n) is 2.50. The number of rotatable bonds is 4. The van der Waals surface area contributed by atoms with Gasteiger partial charge in [0.25, 0.3) is 0 Å². The fourth-order valence-corrected chi connectivity index (χ4v) is 1.79. The summed E-state index contributed by atoms with van der Waals surface area (Å²) >= 11 is 5.88. The minimum Gasteiger partial charge on any atom is -0.507 e. The second-order valence-electron chi connectivity index (χ2n) is 3.86. The topological polar surface area (TPSA) is 41.8 Å². The lowest BCUT2D eigenvalue weighted by Gasteiger charge is -2.05. The number of hydrogen-bond acceptors (Lipinski definition) is 3. The van der Waals surface area contributed by atoms with Crippen LogP contribution in [0.1, 0.15) is 12.5 Å². The van der Waals surface area contributed by atoms with E-state index in [-0.39, 0.29) is 5.75 Å². The number of para-hydroxylation sites is 2. The van der Waals surface area contributed by atoms with E-state index in [4.69, 9.17) is 16.3 Å². The summed E-state index contributed by atoms with van der Waals surface area (Å²) in [6, 6.07) is 12.3. The fourth-order valence-electron chi connectivity index (χ4n) is 1.61. The molecular formula is C15H14ClNO2. The van der Waals surface area contributed by atoms with E-state index in [1.165, 1.54) is 6.07 Å². The van der Waals surface area contributed by atoms with Crippen molar-refractivity contribution in [2.24, 2.45) is 4.99 Å². The lowest BCUT2D eigenvalue weighted by atomic mass is 10.2. The Hall–Kier alpha value is -2.00.